The second kappa shape index (κ2) is 10.6. The van der Waals surface area contributed by atoms with Crippen LogP contribution in [0.5, 0.6) is 0 Å². The van der Waals surface area contributed by atoms with Crippen molar-refractivity contribution in [1.82, 2.24) is 24.3 Å². The molecule has 3 fully saturated rings. The molecule has 3 unspecified atom stereocenters. The van der Waals surface area contributed by atoms with Crippen LogP contribution in [0.1, 0.15) is 25.5 Å². The van der Waals surface area contributed by atoms with Crippen LogP contribution in [-0.2, 0) is 9.59 Å². The van der Waals surface area contributed by atoms with Gasteiger partial charge in [0, 0.05) is 45.5 Å². The molecule has 4 amide bonds. The van der Waals surface area contributed by atoms with Crippen LogP contribution in [0.2, 0.25) is 0 Å². The van der Waals surface area contributed by atoms with E-state index in [1.807, 2.05) is 4.90 Å². The van der Waals surface area contributed by atoms with Crippen molar-refractivity contribution >= 4 is 23.7 Å². The lowest BCUT2D eigenvalue weighted by molar-refractivity contribution is -0.137. The molecule has 1 aromatic carbocycles. The zero-order valence-corrected chi connectivity index (χ0v) is 22.8. The maximum absolute atomic E-state index is 12.9. The van der Waals surface area contributed by atoms with E-state index in [4.69, 9.17) is 17.2 Å². The van der Waals surface area contributed by atoms with E-state index < -0.39 is 23.3 Å². The summed E-state index contributed by atoms with van der Waals surface area (Å²) in [4.78, 5) is 59.7. The van der Waals surface area contributed by atoms with Crippen LogP contribution in [0.25, 0.3) is 5.69 Å². The summed E-state index contributed by atoms with van der Waals surface area (Å²) < 4.78 is 1.34. The molecular formula is C27H37N9O4. The molecule has 7 N–H and O–H groups in total. The summed E-state index contributed by atoms with van der Waals surface area (Å²) in [7, 11) is 0. The lowest BCUT2D eigenvalue weighted by atomic mass is 10.1. The summed E-state index contributed by atoms with van der Waals surface area (Å²) >= 11 is 0. The summed E-state index contributed by atoms with van der Waals surface area (Å²) in [5, 5.41) is 2.65. The molecule has 3 atom stereocenters. The summed E-state index contributed by atoms with van der Waals surface area (Å²) in [5.74, 6) is 1.39. The Hall–Kier alpha value is -3.81. The number of nitrogens with zero attached hydrogens (tertiary/aromatic N) is 5. The number of urea groups is 1. The van der Waals surface area contributed by atoms with Gasteiger partial charge in [-0.1, -0.05) is 12.1 Å². The number of piperazine rings is 1. The average Bonchev–Trinajstić information content (AvgIpc) is 3.41. The quantitative estimate of drug-likeness (QED) is 0.363. The first-order valence-electron chi connectivity index (χ1n) is 13.6. The van der Waals surface area contributed by atoms with Crippen molar-refractivity contribution in [3.05, 3.63) is 52.6 Å². The predicted octanol–water partition coefficient (Wildman–Crippen LogP) is -0.691. The first-order valence-corrected chi connectivity index (χ1v) is 13.6. The highest BCUT2D eigenvalue weighted by Gasteiger charge is 2.55. The zero-order chi connectivity index (χ0) is 28.8. The fourth-order valence-electron chi connectivity index (χ4n) is 5.74. The number of hydrogen-bond donors (Lipinski definition) is 4. The van der Waals surface area contributed by atoms with Gasteiger partial charge in [0.15, 0.2) is 0 Å². The van der Waals surface area contributed by atoms with Gasteiger partial charge in [0.1, 0.15) is 11.9 Å². The van der Waals surface area contributed by atoms with Gasteiger partial charge in [-0.05, 0) is 61.9 Å². The number of rotatable bonds is 6. The Balaban J connectivity index is 1.16. The lowest BCUT2D eigenvalue weighted by Gasteiger charge is -2.37. The number of benzene rings is 1. The highest BCUT2D eigenvalue weighted by atomic mass is 16.2. The maximum Gasteiger partial charge on any atom is 0.354 e. The molecular weight excluding hydrogens is 514 g/mol. The van der Waals surface area contributed by atoms with Gasteiger partial charge in [-0.25, -0.2) is 9.59 Å². The fraction of sp³-hybridized carbons (Fsp3) is 0.519. The second-order valence-corrected chi connectivity index (χ2v) is 11.4. The predicted molar refractivity (Wildman–Crippen MR) is 148 cm³/mol. The molecule has 1 saturated carbocycles. The Morgan fingerprint density at radius 1 is 1.00 bits per heavy atom. The van der Waals surface area contributed by atoms with E-state index in [9.17, 15) is 19.2 Å². The van der Waals surface area contributed by atoms with Crippen LogP contribution in [0.4, 0.5) is 10.6 Å². The van der Waals surface area contributed by atoms with Crippen molar-refractivity contribution in [3.63, 3.8) is 0 Å². The smallest absolute Gasteiger partial charge is 0.340 e. The Morgan fingerprint density at radius 3 is 2.15 bits per heavy atom. The van der Waals surface area contributed by atoms with Crippen molar-refractivity contribution < 1.29 is 14.4 Å². The molecule has 0 radical (unpaired) electrons. The largest absolute Gasteiger partial charge is 0.354 e. The van der Waals surface area contributed by atoms with Crippen LogP contribution in [-0.4, -0.2) is 93.4 Å². The number of piperidine rings is 1. The molecule has 13 heteroatoms. The number of amides is 4. The maximum atomic E-state index is 12.9. The van der Waals surface area contributed by atoms with Crippen LogP contribution >= 0.6 is 0 Å². The van der Waals surface area contributed by atoms with Crippen molar-refractivity contribution in [3.8, 4) is 5.69 Å². The number of aromatic nitrogens is 2. The van der Waals surface area contributed by atoms with E-state index in [0.717, 1.165) is 0 Å². The zero-order valence-electron chi connectivity index (χ0n) is 22.8. The van der Waals surface area contributed by atoms with E-state index in [2.05, 4.69) is 10.3 Å². The molecule has 0 spiro atoms. The number of carbonyl (C=O) groups is 3. The van der Waals surface area contributed by atoms with E-state index >= 15 is 0 Å². The minimum absolute atomic E-state index is 0.106. The molecule has 2 saturated heterocycles. The molecule has 3 heterocycles. The molecule has 40 heavy (non-hydrogen) atoms. The Bertz CT molecular complexity index is 1330. The van der Waals surface area contributed by atoms with Gasteiger partial charge >= 0.3 is 11.7 Å². The number of likely N-dealkylation sites (tertiary alicyclic amines) is 1. The third kappa shape index (κ3) is 5.44. The molecule has 0 bridgehead atoms. The van der Waals surface area contributed by atoms with Gasteiger partial charge in [-0.2, -0.15) is 4.98 Å². The van der Waals surface area contributed by atoms with Crippen molar-refractivity contribution in [2.75, 3.05) is 51.1 Å². The minimum atomic E-state index is -0.967. The second-order valence-electron chi connectivity index (χ2n) is 11.4. The first kappa shape index (κ1) is 27.7. The van der Waals surface area contributed by atoms with Crippen molar-refractivity contribution in [2.45, 2.75) is 25.4 Å². The van der Waals surface area contributed by atoms with Crippen LogP contribution in [0.3, 0.4) is 0 Å². The molecule has 214 valence electrons. The third-order valence-electron chi connectivity index (χ3n) is 8.20. The SMILES string of the molecule is CC(C)(N)C(=O)N1CCN(C(=O)Nc2ccn(-c3ccc(C(N)C(=O)N4CC5C(CN)C5C4)cc3)c(=O)n2)CC1. The van der Waals surface area contributed by atoms with Crippen LogP contribution in [0, 0.1) is 17.8 Å². The summed E-state index contributed by atoms with van der Waals surface area (Å²) in [5.41, 5.74) is 17.6. The number of nitrogens with two attached hydrogens (primary N) is 3. The Labute approximate surface area is 232 Å². The Morgan fingerprint density at radius 2 is 1.60 bits per heavy atom. The van der Waals surface area contributed by atoms with Crippen LogP contribution in [0.15, 0.2) is 41.3 Å². The number of carbonyl (C=O) groups excluding carboxylic acids is 3. The monoisotopic (exact) mass is 551 g/mol. The number of anilines is 1. The van der Waals surface area contributed by atoms with E-state index in [1.165, 1.54) is 16.8 Å². The van der Waals surface area contributed by atoms with Crippen molar-refractivity contribution in [1.29, 1.82) is 0 Å². The van der Waals surface area contributed by atoms with E-state index in [-0.39, 0.29) is 17.6 Å². The normalized spacial score (nSPS) is 23.0. The summed E-state index contributed by atoms with van der Waals surface area (Å²) in [6.45, 7) is 6.84. The number of fused-ring (bicyclic) bond motifs is 1. The van der Waals surface area contributed by atoms with Gasteiger partial charge in [-0.15, -0.1) is 0 Å². The number of nitrogens with one attached hydrogen (secondary N) is 1. The van der Waals surface area contributed by atoms with Gasteiger partial charge in [-0.3, -0.25) is 19.5 Å². The first-order chi connectivity index (χ1) is 19.0. The van der Waals surface area contributed by atoms with Crippen molar-refractivity contribution in [2.24, 2.45) is 35.0 Å². The highest BCUT2D eigenvalue weighted by molar-refractivity contribution is 5.89. The lowest BCUT2D eigenvalue weighted by Crippen LogP contribution is -2.58. The molecule has 1 aliphatic carbocycles. The molecule has 1 aromatic heterocycles. The molecule has 5 rings (SSSR count). The molecule has 13 nitrogen and oxygen atoms in total. The molecule has 3 aliphatic rings. The molecule has 2 aromatic rings. The minimum Gasteiger partial charge on any atom is -0.340 e. The van der Waals surface area contributed by atoms with Gasteiger partial charge in [0.2, 0.25) is 11.8 Å². The van der Waals surface area contributed by atoms with E-state index in [0.29, 0.717) is 74.8 Å². The highest BCUT2D eigenvalue weighted by Crippen LogP contribution is 2.51. The van der Waals surface area contributed by atoms with Gasteiger partial charge in [0.25, 0.3) is 0 Å². The summed E-state index contributed by atoms with van der Waals surface area (Å²) in [6.07, 6.45) is 1.52. The van der Waals surface area contributed by atoms with Gasteiger partial charge in [0.05, 0.1) is 11.2 Å². The fourth-order valence-corrected chi connectivity index (χ4v) is 5.74. The topological polar surface area (TPSA) is 186 Å². The Kier molecular flexibility index (Phi) is 7.38. The third-order valence-corrected chi connectivity index (χ3v) is 8.20. The standard InChI is InChI=1S/C27H37N9O4/c1-27(2,30)24(38)33-9-11-34(12-10-33)25(39)31-21-7-8-36(26(40)32-21)17-5-3-16(4-6-17)22(29)23(37)35-14-19-18(13-28)20(19)15-35/h3-8,18-20,22H,9-15,28-30H2,1-2H3,(H,31,32,39,40). The number of hydrogen-bond acceptors (Lipinski definition) is 8. The average molecular weight is 552 g/mol. The van der Waals surface area contributed by atoms with E-state index in [1.54, 1.807) is 47.9 Å². The van der Waals surface area contributed by atoms with Crippen LogP contribution < -0.4 is 28.2 Å². The molecule has 2 aliphatic heterocycles. The summed E-state index contributed by atoms with van der Waals surface area (Å²) in [6, 6.07) is 7.23. The van der Waals surface area contributed by atoms with Gasteiger partial charge < -0.3 is 31.9 Å².